The fourth-order valence-electron chi connectivity index (χ4n) is 7.81. The van der Waals surface area contributed by atoms with Crippen molar-refractivity contribution in [2.45, 2.75) is 262 Å². The monoisotopic (exact) mass is 880 g/mol. The van der Waals surface area contributed by atoms with Crippen molar-refractivity contribution >= 4 is 16.3 Å². The van der Waals surface area contributed by atoms with Crippen molar-refractivity contribution < 1.29 is 57.0 Å². The fraction of sp³-hybridized carbons (Fsp3) is 0.935. The molecule has 1 fully saturated rings. The first kappa shape index (κ1) is 56.8. The highest BCUT2D eigenvalue weighted by molar-refractivity contribution is 7.80. The SMILES string of the molecule is CCCCCCCCCCCCCCC/C=C/C(O)C(COC1OC(CO)C(O)C(OS(=O)(=O)O)C1O)NC(=O)C(O)CCCCCCCCCCCCCCCCCC. The molecule has 1 amide bonds. The molecule has 356 valence electrons. The first-order valence-electron chi connectivity index (χ1n) is 24.2. The van der Waals surface area contributed by atoms with Gasteiger partial charge in [0.15, 0.2) is 6.29 Å². The number of carbonyl (C=O) groups excluding carboxylic acids is 1. The minimum atomic E-state index is -5.11. The Morgan fingerprint density at radius 3 is 1.50 bits per heavy atom. The predicted molar refractivity (Wildman–Crippen MR) is 238 cm³/mol. The van der Waals surface area contributed by atoms with Crippen LogP contribution >= 0.6 is 0 Å². The van der Waals surface area contributed by atoms with Crippen molar-refractivity contribution in [1.29, 1.82) is 0 Å². The van der Waals surface area contributed by atoms with Crippen LogP contribution < -0.4 is 5.32 Å². The minimum absolute atomic E-state index is 0.248. The first-order chi connectivity index (χ1) is 28.9. The highest BCUT2D eigenvalue weighted by Crippen LogP contribution is 2.26. The number of amides is 1. The van der Waals surface area contributed by atoms with Gasteiger partial charge in [0.05, 0.1) is 25.4 Å². The molecule has 0 aromatic carbocycles. The standard InChI is InChI=1S/C46H89NO12S/c1-3-5-7-9-11-13-15-17-19-21-23-25-27-29-31-33-35-40(50)45(53)47-38(37-57-46-43(52)44(59-60(54,55)56)42(51)41(36-48)58-46)39(49)34-32-30-28-26-24-22-20-18-16-14-12-10-8-6-4-2/h32,34,38-44,46,48-52H,3-31,33,35-37H2,1-2H3,(H,47,53)(H,54,55,56)/b34-32+. The van der Waals surface area contributed by atoms with E-state index in [2.05, 4.69) is 23.3 Å². The maximum Gasteiger partial charge on any atom is 0.397 e. The average Bonchev–Trinajstić information content (AvgIpc) is 3.22. The molecule has 1 aliphatic rings. The second-order valence-electron chi connectivity index (χ2n) is 17.2. The van der Waals surface area contributed by atoms with Crippen LogP contribution in [-0.4, -0.2) is 107 Å². The summed E-state index contributed by atoms with van der Waals surface area (Å²) >= 11 is 0. The van der Waals surface area contributed by atoms with Crippen LogP contribution in [0.2, 0.25) is 0 Å². The summed E-state index contributed by atoms with van der Waals surface area (Å²) in [5.74, 6) is -0.699. The maximum atomic E-state index is 13.1. The zero-order chi connectivity index (χ0) is 44.3. The molecule has 0 aromatic rings. The Hall–Kier alpha value is -1.20. The van der Waals surface area contributed by atoms with Gasteiger partial charge in [-0.2, -0.15) is 8.42 Å². The Kier molecular flexibility index (Phi) is 35.2. The summed E-state index contributed by atoms with van der Waals surface area (Å²) in [6, 6.07) is -1.11. The number of aliphatic hydroxyl groups is 5. The van der Waals surface area contributed by atoms with Gasteiger partial charge in [-0.3, -0.25) is 9.35 Å². The van der Waals surface area contributed by atoms with Gasteiger partial charge in [0.2, 0.25) is 5.91 Å². The Morgan fingerprint density at radius 1 is 0.667 bits per heavy atom. The van der Waals surface area contributed by atoms with Crippen LogP contribution in [0.3, 0.4) is 0 Å². The van der Waals surface area contributed by atoms with Gasteiger partial charge in [-0.25, -0.2) is 4.18 Å². The molecule has 8 atom stereocenters. The third-order valence-corrected chi connectivity index (χ3v) is 12.1. The van der Waals surface area contributed by atoms with Crippen LogP contribution in [0.15, 0.2) is 12.2 Å². The summed E-state index contributed by atoms with van der Waals surface area (Å²) in [6.07, 6.45) is 28.6. The van der Waals surface area contributed by atoms with E-state index < -0.39 is 78.5 Å². The Morgan fingerprint density at radius 2 is 1.08 bits per heavy atom. The predicted octanol–water partition coefficient (Wildman–Crippen LogP) is 8.53. The van der Waals surface area contributed by atoms with Gasteiger partial charge in [0.1, 0.15) is 30.5 Å². The zero-order valence-electron chi connectivity index (χ0n) is 37.6. The molecule has 0 spiro atoms. The van der Waals surface area contributed by atoms with E-state index in [-0.39, 0.29) is 6.42 Å². The summed E-state index contributed by atoms with van der Waals surface area (Å²) in [5, 5.41) is 55.2. The highest BCUT2D eigenvalue weighted by Gasteiger charge is 2.48. The van der Waals surface area contributed by atoms with Gasteiger partial charge in [-0.15, -0.1) is 0 Å². The number of hydrogen-bond donors (Lipinski definition) is 7. The van der Waals surface area contributed by atoms with Gasteiger partial charge >= 0.3 is 10.4 Å². The Bertz CT molecular complexity index is 1140. The average molecular weight is 880 g/mol. The van der Waals surface area contributed by atoms with Crippen LogP contribution in [0.25, 0.3) is 0 Å². The highest BCUT2D eigenvalue weighted by atomic mass is 32.3. The molecule has 1 saturated heterocycles. The Labute approximate surface area is 364 Å². The van der Waals surface area contributed by atoms with Gasteiger partial charge in [-0.05, 0) is 19.3 Å². The van der Waals surface area contributed by atoms with Gasteiger partial charge < -0.3 is 40.3 Å². The van der Waals surface area contributed by atoms with E-state index in [0.29, 0.717) is 12.8 Å². The van der Waals surface area contributed by atoms with E-state index in [0.717, 1.165) is 38.5 Å². The van der Waals surface area contributed by atoms with Crippen LogP contribution in [0.1, 0.15) is 213 Å². The van der Waals surface area contributed by atoms with Crippen molar-refractivity contribution in [2.24, 2.45) is 0 Å². The molecule has 1 heterocycles. The fourth-order valence-corrected chi connectivity index (χ4v) is 8.32. The van der Waals surface area contributed by atoms with Crippen LogP contribution in [0.4, 0.5) is 0 Å². The minimum Gasteiger partial charge on any atom is -0.394 e. The van der Waals surface area contributed by atoms with Crippen molar-refractivity contribution in [3.8, 4) is 0 Å². The van der Waals surface area contributed by atoms with Crippen molar-refractivity contribution in [3.63, 3.8) is 0 Å². The summed E-state index contributed by atoms with van der Waals surface area (Å²) in [6.45, 7) is 3.23. The third-order valence-electron chi connectivity index (χ3n) is 11.7. The van der Waals surface area contributed by atoms with Crippen molar-refractivity contribution in [3.05, 3.63) is 12.2 Å². The van der Waals surface area contributed by atoms with E-state index in [1.54, 1.807) is 6.08 Å². The number of ether oxygens (including phenoxy) is 2. The topological polar surface area (TPSA) is 212 Å². The van der Waals surface area contributed by atoms with Gasteiger partial charge in [0.25, 0.3) is 0 Å². The second-order valence-corrected chi connectivity index (χ2v) is 18.2. The summed E-state index contributed by atoms with van der Waals surface area (Å²) < 4.78 is 47.5. The maximum absolute atomic E-state index is 13.1. The summed E-state index contributed by atoms with van der Waals surface area (Å²) in [4.78, 5) is 13.1. The molecular formula is C46H89NO12S. The van der Waals surface area contributed by atoms with Crippen molar-refractivity contribution in [1.82, 2.24) is 5.32 Å². The molecule has 7 N–H and O–H groups in total. The van der Waals surface area contributed by atoms with Crippen LogP contribution in [0.5, 0.6) is 0 Å². The van der Waals surface area contributed by atoms with Gasteiger partial charge in [0, 0.05) is 0 Å². The number of carbonyl (C=O) groups is 1. The van der Waals surface area contributed by atoms with Crippen LogP contribution in [0, 0.1) is 0 Å². The molecule has 14 heteroatoms. The van der Waals surface area contributed by atoms with Gasteiger partial charge in [-0.1, -0.05) is 206 Å². The zero-order valence-corrected chi connectivity index (χ0v) is 38.5. The number of unbranched alkanes of at least 4 members (excludes halogenated alkanes) is 28. The lowest BCUT2D eigenvalue weighted by Crippen LogP contribution is -2.61. The van der Waals surface area contributed by atoms with E-state index >= 15 is 0 Å². The van der Waals surface area contributed by atoms with E-state index in [4.69, 9.17) is 9.47 Å². The van der Waals surface area contributed by atoms with E-state index in [1.807, 2.05) is 6.08 Å². The quantitative estimate of drug-likeness (QED) is 0.0175. The largest absolute Gasteiger partial charge is 0.397 e. The smallest absolute Gasteiger partial charge is 0.394 e. The molecule has 1 rings (SSSR count). The third kappa shape index (κ3) is 29.2. The summed E-state index contributed by atoms with van der Waals surface area (Å²) in [7, 11) is -5.11. The molecule has 60 heavy (non-hydrogen) atoms. The molecule has 1 aliphatic heterocycles. The molecule has 0 aromatic heterocycles. The molecule has 0 saturated carbocycles. The lowest BCUT2D eigenvalue weighted by atomic mass is 9.99. The lowest BCUT2D eigenvalue weighted by Gasteiger charge is -2.41. The molecular weight excluding hydrogens is 791 g/mol. The summed E-state index contributed by atoms with van der Waals surface area (Å²) in [5.41, 5.74) is 0. The van der Waals surface area contributed by atoms with Crippen LogP contribution in [-0.2, 0) is 28.9 Å². The Balaban J connectivity index is 2.56. The number of hydrogen-bond acceptors (Lipinski definition) is 11. The molecule has 13 nitrogen and oxygen atoms in total. The molecule has 8 unspecified atom stereocenters. The molecule has 0 aliphatic carbocycles. The second kappa shape index (κ2) is 37.2. The molecule has 0 radical (unpaired) electrons. The number of allylic oxidation sites excluding steroid dienone is 1. The number of nitrogens with one attached hydrogen (secondary N) is 1. The number of aliphatic hydroxyl groups excluding tert-OH is 5. The lowest BCUT2D eigenvalue weighted by molar-refractivity contribution is -0.298. The van der Waals surface area contributed by atoms with E-state index in [9.17, 15) is 43.3 Å². The molecule has 0 bridgehead atoms. The van der Waals surface area contributed by atoms with Crippen molar-refractivity contribution in [2.75, 3.05) is 13.2 Å². The normalized spacial score (nSPS) is 21.4. The first-order valence-corrected chi connectivity index (χ1v) is 25.5. The number of rotatable bonds is 41. The van der Waals surface area contributed by atoms with E-state index in [1.165, 1.54) is 141 Å².